The largest absolute Gasteiger partial charge is 0.497 e. The van der Waals surface area contributed by atoms with Gasteiger partial charge in [0.1, 0.15) is 5.75 Å². The quantitative estimate of drug-likeness (QED) is 0.562. The van der Waals surface area contributed by atoms with Crippen LogP contribution in [0.2, 0.25) is 0 Å². The number of hydrogen-bond donors (Lipinski definition) is 3. The van der Waals surface area contributed by atoms with E-state index in [0.717, 1.165) is 27.9 Å². The highest BCUT2D eigenvalue weighted by Crippen LogP contribution is 2.31. The summed E-state index contributed by atoms with van der Waals surface area (Å²) in [5.41, 5.74) is 2.91. The van der Waals surface area contributed by atoms with E-state index in [1.54, 1.807) is 21.0 Å². The third-order valence-corrected chi connectivity index (χ3v) is 7.17. The summed E-state index contributed by atoms with van der Waals surface area (Å²) in [6.07, 6.45) is -4.50. The molecule has 1 unspecified atom stereocenters. The van der Waals surface area contributed by atoms with E-state index in [1.807, 2.05) is 18.2 Å². The monoisotopic (exact) mass is 494 g/mol. The number of carboxylic acids is 2. The third kappa shape index (κ3) is 6.38. The van der Waals surface area contributed by atoms with Crippen LogP contribution >= 0.6 is 0 Å². The summed E-state index contributed by atoms with van der Waals surface area (Å²) in [7, 11) is -2.04. The minimum atomic E-state index is -5.08. The van der Waals surface area contributed by atoms with Crippen molar-refractivity contribution in [2.24, 2.45) is 11.8 Å². The number of nitrogens with zero attached hydrogens (tertiary/aromatic N) is 1. The third-order valence-electron chi connectivity index (χ3n) is 5.30. The molecule has 0 fully saturated rings. The Bertz CT molecular complexity index is 1130. The Morgan fingerprint density at radius 2 is 1.85 bits per heavy atom. The van der Waals surface area contributed by atoms with Gasteiger partial charge in [-0.15, -0.1) is 0 Å². The first kappa shape index (κ1) is 26.5. The number of aromatic nitrogens is 1. The van der Waals surface area contributed by atoms with Gasteiger partial charge in [-0.3, -0.25) is 4.79 Å². The molecule has 9 nitrogen and oxygen atoms in total. The van der Waals surface area contributed by atoms with Crippen molar-refractivity contribution >= 4 is 32.9 Å². The number of benzene rings is 1. The number of hydrogen-bond acceptors (Lipinski definition) is 5. The van der Waals surface area contributed by atoms with Crippen molar-refractivity contribution in [2.75, 3.05) is 19.4 Å². The summed E-state index contributed by atoms with van der Waals surface area (Å²) >= 11 is 0. The van der Waals surface area contributed by atoms with E-state index < -0.39 is 34.1 Å². The number of ether oxygens (including phenoxy) is 1. The summed E-state index contributed by atoms with van der Waals surface area (Å²) in [6.45, 7) is 4.05. The number of rotatable bonds is 6. The first-order valence-corrected chi connectivity index (χ1v) is 11.5. The second kappa shape index (κ2) is 10.00. The SMILES string of the molecule is COc1ccc2[nH]c3c(c2c1)CCN(S(=O)(=O)CC(C(=O)O)C(C)C)C3.O=C(O)C(F)(F)F. The van der Waals surface area contributed by atoms with Gasteiger partial charge in [-0.05, 0) is 36.1 Å². The number of alkyl halides is 3. The van der Waals surface area contributed by atoms with E-state index in [9.17, 15) is 31.5 Å². The zero-order valence-electron chi connectivity index (χ0n) is 18.1. The fourth-order valence-corrected chi connectivity index (χ4v) is 5.33. The maximum Gasteiger partial charge on any atom is 0.490 e. The lowest BCUT2D eigenvalue weighted by Gasteiger charge is -2.28. The van der Waals surface area contributed by atoms with Gasteiger partial charge in [0.15, 0.2) is 0 Å². The number of nitrogens with one attached hydrogen (secondary N) is 1. The van der Waals surface area contributed by atoms with Gasteiger partial charge < -0.3 is 19.9 Å². The molecule has 1 aromatic heterocycles. The summed E-state index contributed by atoms with van der Waals surface area (Å²) in [4.78, 5) is 23.6. The predicted octanol–water partition coefficient (Wildman–Crippen LogP) is 2.85. The summed E-state index contributed by atoms with van der Waals surface area (Å²) in [5, 5.41) is 17.5. The first-order valence-electron chi connectivity index (χ1n) is 9.85. The average molecular weight is 494 g/mol. The van der Waals surface area contributed by atoms with Crippen molar-refractivity contribution in [1.29, 1.82) is 0 Å². The lowest BCUT2D eigenvalue weighted by atomic mass is 9.98. The molecule has 33 heavy (non-hydrogen) atoms. The Hall–Kier alpha value is -2.80. The summed E-state index contributed by atoms with van der Waals surface area (Å²) in [6, 6.07) is 5.73. The van der Waals surface area contributed by atoms with Gasteiger partial charge in [-0.2, -0.15) is 17.5 Å². The Kier molecular flexibility index (Phi) is 8.01. The van der Waals surface area contributed by atoms with Crippen molar-refractivity contribution in [3.63, 3.8) is 0 Å². The molecule has 0 saturated heterocycles. The second-order valence-corrected chi connectivity index (χ2v) is 9.86. The molecular formula is C20H25F3N2O7S. The molecule has 2 heterocycles. The van der Waals surface area contributed by atoms with Crippen LogP contribution in [0.3, 0.4) is 0 Å². The molecule has 0 spiro atoms. The number of fused-ring (bicyclic) bond motifs is 3. The van der Waals surface area contributed by atoms with Crippen LogP contribution in [0, 0.1) is 11.8 Å². The highest BCUT2D eigenvalue weighted by atomic mass is 32.2. The van der Waals surface area contributed by atoms with Crippen LogP contribution in [0.4, 0.5) is 13.2 Å². The predicted molar refractivity (Wildman–Crippen MR) is 112 cm³/mol. The maximum atomic E-state index is 12.8. The highest BCUT2D eigenvalue weighted by Gasteiger charge is 2.38. The molecule has 0 radical (unpaired) electrons. The maximum absolute atomic E-state index is 12.8. The minimum Gasteiger partial charge on any atom is -0.497 e. The number of methoxy groups -OCH3 is 1. The van der Waals surface area contributed by atoms with Gasteiger partial charge in [0.2, 0.25) is 10.0 Å². The number of aromatic amines is 1. The van der Waals surface area contributed by atoms with Crippen molar-refractivity contribution in [1.82, 2.24) is 9.29 Å². The van der Waals surface area contributed by atoms with Gasteiger partial charge in [0, 0.05) is 23.1 Å². The van der Waals surface area contributed by atoms with E-state index in [0.29, 0.717) is 13.0 Å². The topological polar surface area (TPSA) is 137 Å². The van der Waals surface area contributed by atoms with Crippen molar-refractivity contribution in [3.05, 3.63) is 29.5 Å². The zero-order chi connectivity index (χ0) is 25.1. The Labute approximate surface area is 188 Å². The van der Waals surface area contributed by atoms with E-state index in [-0.39, 0.29) is 18.2 Å². The summed E-state index contributed by atoms with van der Waals surface area (Å²) < 4.78 is 63.9. The van der Waals surface area contributed by atoms with Crippen LogP contribution in [0.15, 0.2) is 18.2 Å². The molecule has 184 valence electrons. The fourth-order valence-electron chi connectivity index (χ4n) is 3.44. The van der Waals surface area contributed by atoms with E-state index in [4.69, 9.17) is 14.6 Å². The van der Waals surface area contributed by atoms with E-state index in [2.05, 4.69) is 4.98 Å². The number of aliphatic carboxylic acids is 2. The lowest BCUT2D eigenvalue weighted by molar-refractivity contribution is -0.192. The van der Waals surface area contributed by atoms with Crippen molar-refractivity contribution in [3.8, 4) is 5.75 Å². The number of carbonyl (C=O) groups is 2. The first-order chi connectivity index (χ1) is 15.2. The number of H-pyrrole nitrogens is 1. The van der Waals surface area contributed by atoms with Crippen LogP contribution in [-0.2, 0) is 32.6 Å². The molecule has 3 rings (SSSR count). The molecular weight excluding hydrogens is 469 g/mol. The Balaban J connectivity index is 0.000000479. The van der Waals surface area contributed by atoms with Gasteiger partial charge in [0.05, 0.1) is 25.3 Å². The smallest absolute Gasteiger partial charge is 0.490 e. The van der Waals surface area contributed by atoms with Crippen molar-refractivity contribution in [2.45, 2.75) is 33.0 Å². The molecule has 1 aliphatic rings. The highest BCUT2D eigenvalue weighted by molar-refractivity contribution is 7.89. The van der Waals surface area contributed by atoms with Crippen LogP contribution in [0.5, 0.6) is 5.75 Å². The van der Waals surface area contributed by atoms with E-state index in [1.165, 1.54) is 4.31 Å². The number of carboxylic acid groups (broad SMARTS) is 2. The average Bonchev–Trinajstić information content (AvgIpc) is 3.08. The fraction of sp³-hybridized carbons (Fsp3) is 0.500. The molecule has 1 aliphatic heterocycles. The number of sulfonamides is 1. The molecule has 0 saturated carbocycles. The van der Waals surface area contributed by atoms with E-state index >= 15 is 0 Å². The van der Waals surface area contributed by atoms with Gasteiger partial charge in [0.25, 0.3) is 0 Å². The summed E-state index contributed by atoms with van der Waals surface area (Å²) in [5.74, 6) is -4.60. The van der Waals surface area contributed by atoms with Crippen molar-refractivity contribution < 1.29 is 46.1 Å². The Morgan fingerprint density at radius 1 is 1.24 bits per heavy atom. The van der Waals surface area contributed by atoms with Gasteiger partial charge >= 0.3 is 18.1 Å². The molecule has 3 N–H and O–H groups in total. The zero-order valence-corrected chi connectivity index (χ0v) is 19.0. The molecule has 2 aromatic rings. The molecule has 0 aliphatic carbocycles. The molecule has 1 atom stereocenters. The lowest BCUT2D eigenvalue weighted by Crippen LogP contribution is -2.41. The molecule has 13 heteroatoms. The van der Waals surface area contributed by atoms with Gasteiger partial charge in [-0.25, -0.2) is 13.2 Å². The normalized spacial score (nSPS) is 15.5. The van der Waals surface area contributed by atoms with Crippen LogP contribution in [0.25, 0.3) is 10.9 Å². The number of halogens is 3. The van der Waals surface area contributed by atoms with Gasteiger partial charge in [-0.1, -0.05) is 13.8 Å². The second-order valence-electron chi connectivity index (χ2n) is 7.85. The Morgan fingerprint density at radius 3 is 2.33 bits per heavy atom. The standard InChI is InChI=1S/C18H24N2O5S.C2HF3O2/c1-11(2)15(18(21)22)10-26(23,24)20-7-6-13-14-8-12(25-3)4-5-16(14)19-17(13)9-20;3-2(4,5)1(6)7/h4-5,8,11,15,19H,6-7,9-10H2,1-3H3,(H,21,22);(H,6,7). The van der Waals surface area contributed by atoms with Crippen LogP contribution in [-0.4, -0.2) is 65.4 Å². The molecule has 0 amide bonds. The van der Waals surface area contributed by atoms with Crippen LogP contribution in [0.1, 0.15) is 25.1 Å². The molecule has 0 bridgehead atoms. The molecule has 1 aromatic carbocycles. The van der Waals surface area contributed by atoms with Crippen LogP contribution < -0.4 is 4.74 Å². The minimum absolute atomic E-state index is 0.235.